The van der Waals surface area contributed by atoms with Gasteiger partial charge >= 0.3 is 5.97 Å². The molecule has 0 aliphatic rings. The Morgan fingerprint density at radius 2 is 2.29 bits per heavy atom. The van der Waals surface area contributed by atoms with Gasteiger partial charge in [0.2, 0.25) is 0 Å². The van der Waals surface area contributed by atoms with Gasteiger partial charge in [0.25, 0.3) is 0 Å². The van der Waals surface area contributed by atoms with Gasteiger partial charge in [0.05, 0.1) is 30.5 Å². The number of aliphatic carboxylic acids is 1. The summed E-state index contributed by atoms with van der Waals surface area (Å²) in [6.07, 6.45) is 0.358. The van der Waals surface area contributed by atoms with Gasteiger partial charge in [-0.2, -0.15) is 0 Å². The number of hydrogen-bond donors (Lipinski definition) is 2. The van der Waals surface area contributed by atoms with Crippen LogP contribution in [-0.4, -0.2) is 44.9 Å². The number of hydrogen-bond acceptors (Lipinski definition) is 5. The monoisotopic (exact) mass is 243 g/mol. The lowest BCUT2D eigenvalue weighted by atomic mass is 10.2. The number of methoxy groups -OCH3 is 1. The zero-order valence-electron chi connectivity index (χ0n) is 9.96. The van der Waals surface area contributed by atoms with Crippen molar-refractivity contribution in [3.05, 3.63) is 11.4 Å². The molecule has 1 aromatic heterocycles. The highest BCUT2D eigenvalue weighted by Gasteiger charge is 2.18. The maximum Gasteiger partial charge on any atom is 0.309 e. The lowest BCUT2D eigenvalue weighted by Crippen LogP contribution is -2.14. The first-order chi connectivity index (χ1) is 8.10. The first-order valence-electron chi connectivity index (χ1n) is 5.34. The molecule has 0 saturated heterocycles. The van der Waals surface area contributed by atoms with Crippen LogP contribution in [0.2, 0.25) is 0 Å². The van der Waals surface area contributed by atoms with Crippen LogP contribution < -0.4 is 0 Å². The van der Waals surface area contributed by atoms with Crippen LogP contribution in [0.25, 0.3) is 0 Å². The molecule has 0 aromatic carbocycles. The van der Waals surface area contributed by atoms with Crippen LogP contribution in [0.5, 0.6) is 0 Å². The summed E-state index contributed by atoms with van der Waals surface area (Å²) in [4.78, 5) is 10.7. The lowest BCUT2D eigenvalue weighted by molar-refractivity contribution is -0.136. The number of aliphatic hydroxyl groups excluding tert-OH is 1. The smallest absolute Gasteiger partial charge is 0.309 e. The fraction of sp³-hybridized carbons (Fsp3) is 0.700. The Labute approximate surface area is 99.0 Å². The Kier molecular flexibility index (Phi) is 5.05. The Hall–Kier alpha value is -1.47. The second-order valence-electron chi connectivity index (χ2n) is 3.79. The van der Waals surface area contributed by atoms with Crippen molar-refractivity contribution in [3.8, 4) is 0 Å². The Bertz CT molecular complexity index is 378. The molecule has 0 fully saturated rings. The third-order valence-corrected chi connectivity index (χ3v) is 2.44. The molecule has 0 spiro atoms. The zero-order valence-corrected chi connectivity index (χ0v) is 9.96. The minimum absolute atomic E-state index is 0.0415. The van der Waals surface area contributed by atoms with Crippen molar-refractivity contribution in [1.82, 2.24) is 15.0 Å². The van der Waals surface area contributed by atoms with Gasteiger partial charge in [-0.25, -0.2) is 4.68 Å². The van der Waals surface area contributed by atoms with E-state index in [2.05, 4.69) is 10.3 Å². The predicted octanol–water partition coefficient (Wildman–Crippen LogP) is -0.00500. The van der Waals surface area contributed by atoms with E-state index in [1.54, 1.807) is 4.68 Å². The van der Waals surface area contributed by atoms with Crippen molar-refractivity contribution < 1.29 is 19.7 Å². The highest BCUT2D eigenvalue weighted by Crippen LogP contribution is 2.16. The van der Waals surface area contributed by atoms with E-state index in [-0.39, 0.29) is 25.7 Å². The highest BCUT2D eigenvalue weighted by molar-refractivity contribution is 5.69. The van der Waals surface area contributed by atoms with Crippen LogP contribution in [0, 0.1) is 0 Å². The van der Waals surface area contributed by atoms with Crippen molar-refractivity contribution in [1.29, 1.82) is 0 Å². The van der Waals surface area contributed by atoms with Crippen molar-refractivity contribution in [2.24, 2.45) is 0 Å². The number of aliphatic hydroxyl groups is 1. The zero-order chi connectivity index (χ0) is 12.8. The molecule has 1 rings (SSSR count). The minimum Gasteiger partial charge on any atom is -0.481 e. The summed E-state index contributed by atoms with van der Waals surface area (Å²) >= 11 is 0. The molecule has 0 amide bonds. The van der Waals surface area contributed by atoms with Crippen molar-refractivity contribution in [3.63, 3.8) is 0 Å². The second-order valence-corrected chi connectivity index (χ2v) is 3.79. The SMILES string of the molecule is COCc1c(CC(=O)O)nnn1C(C)CCO. The number of ether oxygens (including phenoxy) is 1. The molecule has 0 aliphatic carbocycles. The van der Waals surface area contributed by atoms with Gasteiger partial charge < -0.3 is 14.9 Å². The quantitative estimate of drug-likeness (QED) is 0.699. The molecular formula is C10H17N3O4. The van der Waals surface area contributed by atoms with Gasteiger partial charge in [0.1, 0.15) is 0 Å². The van der Waals surface area contributed by atoms with Crippen LogP contribution in [0.15, 0.2) is 0 Å². The molecule has 2 N–H and O–H groups in total. The third kappa shape index (κ3) is 3.50. The van der Waals surface area contributed by atoms with Crippen LogP contribution in [0.1, 0.15) is 30.8 Å². The summed E-state index contributed by atoms with van der Waals surface area (Å²) in [6.45, 7) is 2.18. The predicted molar refractivity (Wildman–Crippen MR) is 58.5 cm³/mol. The molecule has 96 valence electrons. The Morgan fingerprint density at radius 1 is 1.59 bits per heavy atom. The van der Waals surface area contributed by atoms with E-state index in [1.165, 1.54) is 7.11 Å². The maximum atomic E-state index is 10.7. The molecule has 7 heteroatoms. The number of rotatable bonds is 7. The molecule has 0 saturated carbocycles. The number of carboxylic acids is 1. The van der Waals surface area contributed by atoms with Gasteiger partial charge in [0.15, 0.2) is 0 Å². The fourth-order valence-electron chi connectivity index (χ4n) is 1.58. The van der Waals surface area contributed by atoms with Crippen LogP contribution in [-0.2, 0) is 22.6 Å². The number of carboxylic acid groups (broad SMARTS) is 1. The summed E-state index contributed by atoms with van der Waals surface area (Å²) in [5.41, 5.74) is 1.06. The standard InChI is InChI=1S/C10H17N3O4/c1-7(3-4-14)13-9(6-17-2)8(11-12-13)5-10(15)16/h7,14H,3-6H2,1-2H3,(H,15,16). The number of carbonyl (C=O) groups is 1. The molecule has 1 unspecified atom stereocenters. The van der Waals surface area contributed by atoms with Crippen molar-refractivity contribution in [2.45, 2.75) is 32.4 Å². The van der Waals surface area contributed by atoms with Crippen LogP contribution in [0.3, 0.4) is 0 Å². The molecule has 0 bridgehead atoms. The summed E-state index contributed by atoms with van der Waals surface area (Å²) < 4.78 is 6.63. The van der Waals surface area contributed by atoms with E-state index in [1.807, 2.05) is 6.92 Å². The first-order valence-corrected chi connectivity index (χ1v) is 5.34. The van der Waals surface area contributed by atoms with Gasteiger partial charge in [0, 0.05) is 13.7 Å². The summed E-state index contributed by atoms with van der Waals surface area (Å²) in [6, 6.07) is -0.0415. The molecule has 7 nitrogen and oxygen atoms in total. The van der Waals surface area contributed by atoms with Crippen molar-refractivity contribution >= 4 is 5.97 Å². The van der Waals surface area contributed by atoms with Crippen molar-refractivity contribution in [2.75, 3.05) is 13.7 Å². The van der Waals surface area contributed by atoms with E-state index in [4.69, 9.17) is 14.9 Å². The van der Waals surface area contributed by atoms with Crippen LogP contribution in [0.4, 0.5) is 0 Å². The summed E-state index contributed by atoms with van der Waals surface area (Å²) in [5.74, 6) is -0.954. The van der Waals surface area contributed by atoms with E-state index in [9.17, 15) is 4.79 Å². The van der Waals surface area contributed by atoms with E-state index in [0.717, 1.165) is 0 Å². The van der Waals surface area contributed by atoms with E-state index < -0.39 is 5.97 Å². The van der Waals surface area contributed by atoms with E-state index >= 15 is 0 Å². The highest BCUT2D eigenvalue weighted by atomic mass is 16.5. The average Bonchev–Trinajstić information content (AvgIpc) is 2.62. The van der Waals surface area contributed by atoms with Gasteiger partial charge in [-0.3, -0.25) is 4.79 Å². The maximum absolute atomic E-state index is 10.7. The molecule has 0 radical (unpaired) electrons. The Balaban J connectivity index is 2.96. The second kappa shape index (κ2) is 6.31. The molecular weight excluding hydrogens is 226 g/mol. The van der Waals surface area contributed by atoms with Gasteiger partial charge in [-0.15, -0.1) is 5.10 Å². The minimum atomic E-state index is -0.954. The average molecular weight is 243 g/mol. The summed E-state index contributed by atoms with van der Waals surface area (Å²) in [7, 11) is 1.53. The van der Waals surface area contributed by atoms with E-state index in [0.29, 0.717) is 17.8 Å². The topological polar surface area (TPSA) is 97.5 Å². The first kappa shape index (κ1) is 13.6. The number of nitrogens with zero attached hydrogens (tertiary/aromatic N) is 3. The third-order valence-electron chi connectivity index (χ3n) is 2.44. The van der Waals surface area contributed by atoms with Gasteiger partial charge in [-0.05, 0) is 13.3 Å². The number of aromatic nitrogens is 3. The van der Waals surface area contributed by atoms with Gasteiger partial charge in [-0.1, -0.05) is 5.21 Å². The van der Waals surface area contributed by atoms with Crippen LogP contribution >= 0.6 is 0 Å². The lowest BCUT2D eigenvalue weighted by Gasteiger charge is -2.13. The molecule has 17 heavy (non-hydrogen) atoms. The summed E-state index contributed by atoms with van der Waals surface area (Å²) in [5, 5.41) is 25.4. The fourth-order valence-corrected chi connectivity index (χ4v) is 1.58. The molecule has 0 aliphatic heterocycles. The normalized spacial score (nSPS) is 12.6. The largest absolute Gasteiger partial charge is 0.481 e. The Morgan fingerprint density at radius 3 is 2.82 bits per heavy atom. The molecule has 1 aromatic rings. The molecule has 1 atom stereocenters. The molecule has 1 heterocycles.